The lowest BCUT2D eigenvalue weighted by atomic mass is 10.1. The summed E-state index contributed by atoms with van der Waals surface area (Å²) in [5.74, 6) is 1.86. The zero-order valence-corrected chi connectivity index (χ0v) is 8.27. The molecule has 0 aromatic heterocycles. The summed E-state index contributed by atoms with van der Waals surface area (Å²) in [4.78, 5) is 0. The van der Waals surface area contributed by atoms with Gasteiger partial charge in [0.25, 0.3) is 0 Å². The van der Waals surface area contributed by atoms with Gasteiger partial charge in [-0.25, -0.2) is 0 Å². The fourth-order valence-corrected chi connectivity index (χ4v) is 1.96. The predicted octanol–water partition coefficient (Wildman–Crippen LogP) is -0.101. The molecule has 0 aromatic carbocycles. The molecule has 2 rings (SSSR count). The Morgan fingerprint density at radius 3 is 2.57 bits per heavy atom. The fraction of sp³-hybridized carbons (Fsp3) is 0.800. The van der Waals surface area contributed by atoms with E-state index in [-0.39, 0.29) is 24.9 Å². The molecule has 14 heavy (non-hydrogen) atoms. The van der Waals surface area contributed by atoms with Crippen LogP contribution < -0.4 is 0 Å². The molecule has 4 nitrogen and oxygen atoms in total. The van der Waals surface area contributed by atoms with Crippen molar-refractivity contribution in [3.8, 4) is 12.3 Å². The third kappa shape index (κ3) is 1.43. The molecule has 2 fully saturated rings. The molecule has 1 N–H and O–H groups in total. The largest absolute Gasteiger partial charge is 0.394 e. The maximum atomic E-state index is 9.07. The maximum Gasteiger partial charge on any atom is 0.164 e. The van der Waals surface area contributed by atoms with E-state index in [1.54, 1.807) is 0 Å². The normalized spacial score (nSPS) is 44.7. The van der Waals surface area contributed by atoms with E-state index in [9.17, 15) is 0 Å². The average Bonchev–Trinajstić information content (AvgIpc) is 2.57. The number of aliphatic hydroxyl groups excluding tert-OH is 1. The zero-order valence-electron chi connectivity index (χ0n) is 8.27. The van der Waals surface area contributed by atoms with E-state index < -0.39 is 11.9 Å². The van der Waals surface area contributed by atoms with Gasteiger partial charge in [-0.05, 0) is 13.8 Å². The van der Waals surface area contributed by atoms with Crippen molar-refractivity contribution in [2.24, 2.45) is 0 Å². The van der Waals surface area contributed by atoms with Crippen molar-refractivity contribution in [1.82, 2.24) is 0 Å². The van der Waals surface area contributed by atoms with Gasteiger partial charge in [0.2, 0.25) is 0 Å². The maximum absolute atomic E-state index is 9.07. The summed E-state index contributed by atoms with van der Waals surface area (Å²) in [5.41, 5.74) is 0. The van der Waals surface area contributed by atoms with Gasteiger partial charge in [0.05, 0.1) is 6.61 Å². The van der Waals surface area contributed by atoms with Crippen molar-refractivity contribution in [1.29, 1.82) is 0 Å². The minimum absolute atomic E-state index is 0.0984. The van der Waals surface area contributed by atoms with E-state index in [0.717, 1.165) is 0 Å². The molecule has 0 bridgehead atoms. The topological polar surface area (TPSA) is 47.9 Å². The first-order valence-electron chi connectivity index (χ1n) is 4.65. The molecular formula is C10H14O4. The highest BCUT2D eigenvalue weighted by Gasteiger charge is 2.54. The average molecular weight is 198 g/mol. The lowest BCUT2D eigenvalue weighted by Crippen LogP contribution is -2.31. The van der Waals surface area contributed by atoms with Crippen LogP contribution in [0.15, 0.2) is 0 Å². The van der Waals surface area contributed by atoms with Crippen LogP contribution in [0.1, 0.15) is 13.8 Å². The molecule has 2 heterocycles. The Kier molecular flexibility index (Phi) is 2.28. The number of ether oxygens (including phenoxy) is 3. The molecule has 0 radical (unpaired) electrons. The van der Waals surface area contributed by atoms with Crippen molar-refractivity contribution in [3.05, 3.63) is 0 Å². The van der Waals surface area contributed by atoms with Crippen LogP contribution in [0.4, 0.5) is 0 Å². The predicted molar refractivity (Wildman–Crippen MR) is 48.4 cm³/mol. The Balaban J connectivity index is 2.17. The van der Waals surface area contributed by atoms with Gasteiger partial charge in [-0.15, -0.1) is 6.42 Å². The number of hydrogen-bond donors (Lipinski definition) is 1. The van der Waals surface area contributed by atoms with Gasteiger partial charge in [0, 0.05) is 0 Å². The molecule has 0 aromatic rings. The van der Waals surface area contributed by atoms with Gasteiger partial charge in [0.1, 0.15) is 24.4 Å². The summed E-state index contributed by atoms with van der Waals surface area (Å²) in [6.07, 6.45) is 4.00. The Bertz CT molecular complexity index is 268. The third-order valence-electron chi connectivity index (χ3n) is 2.49. The van der Waals surface area contributed by atoms with E-state index in [1.807, 2.05) is 13.8 Å². The molecule has 0 spiro atoms. The Morgan fingerprint density at radius 2 is 2.00 bits per heavy atom. The molecule has 2 saturated heterocycles. The molecule has 0 amide bonds. The van der Waals surface area contributed by atoms with Crippen LogP contribution in [0.3, 0.4) is 0 Å². The van der Waals surface area contributed by atoms with Gasteiger partial charge >= 0.3 is 0 Å². The highest BCUT2D eigenvalue weighted by atomic mass is 16.8. The Labute approximate surface area is 83.1 Å². The summed E-state index contributed by atoms with van der Waals surface area (Å²) in [6.45, 7) is 3.56. The standard InChI is InChI=1S/C10H14O4/c1-4-6-8-9(7(5-11)12-6)14-10(2,3)13-8/h1,6-9,11H,5H2,2-3H3/t6-,7+,8-,9+/m0/s1. The van der Waals surface area contributed by atoms with Crippen molar-refractivity contribution >= 4 is 0 Å². The molecule has 2 aliphatic rings. The highest BCUT2D eigenvalue weighted by Crippen LogP contribution is 2.38. The first-order valence-corrected chi connectivity index (χ1v) is 4.65. The zero-order chi connectivity index (χ0) is 10.3. The summed E-state index contributed by atoms with van der Waals surface area (Å²) in [5, 5.41) is 9.07. The molecule has 78 valence electrons. The summed E-state index contributed by atoms with van der Waals surface area (Å²) >= 11 is 0. The first-order chi connectivity index (χ1) is 6.57. The minimum atomic E-state index is -0.637. The second kappa shape index (κ2) is 3.21. The second-order valence-electron chi connectivity index (χ2n) is 4.01. The molecule has 4 atom stereocenters. The van der Waals surface area contributed by atoms with E-state index in [4.69, 9.17) is 25.7 Å². The number of aliphatic hydroxyl groups is 1. The lowest BCUT2D eigenvalue weighted by molar-refractivity contribution is -0.184. The fourth-order valence-electron chi connectivity index (χ4n) is 1.96. The van der Waals surface area contributed by atoms with Crippen LogP contribution in [0, 0.1) is 12.3 Å². The molecular weight excluding hydrogens is 184 g/mol. The van der Waals surface area contributed by atoms with Crippen molar-refractivity contribution < 1.29 is 19.3 Å². The minimum Gasteiger partial charge on any atom is -0.394 e. The number of terminal acetylenes is 1. The van der Waals surface area contributed by atoms with Crippen LogP contribution in [-0.4, -0.2) is 41.9 Å². The van der Waals surface area contributed by atoms with Gasteiger partial charge in [-0.1, -0.05) is 5.92 Å². The first kappa shape index (κ1) is 9.94. The quantitative estimate of drug-likeness (QED) is 0.598. The lowest BCUT2D eigenvalue weighted by Gasteiger charge is -2.21. The van der Waals surface area contributed by atoms with Crippen LogP contribution in [0.5, 0.6) is 0 Å². The summed E-state index contributed by atoms with van der Waals surface area (Å²) < 4.78 is 16.6. The molecule has 0 aliphatic carbocycles. The van der Waals surface area contributed by atoms with Gasteiger partial charge in [0.15, 0.2) is 5.79 Å². The smallest absolute Gasteiger partial charge is 0.164 e. The van der Waals surface area contributed by atoms with Crippen LogP contribution in [0.2, 0.25) is 0 Å². The molecule has 0 unspecified atom stereocenters. The van der Waals surface area contributed by atoms with E-state index in [0.29, 0.717) is 0 Å². The van der Waals surface area contributed by atoms with Crippen LogP contribution in [-0.2, 0) is 14.2 Å². The van der Waals surface area contributed by atoms with Crippen LogP contribution in [0.25, 0.3) is 0 Å². The Morgan fingerprint density at radius 1 is 1.36 bits per heavy atom. The highest BCUT2D eigenvalue weighted by molar-refractivity contribution is 5.10. The monoisotopic (exact) mass is 198 g/mol. The van der Waals surface area contributed by atoms with Crippen molar-refractivity contribution in [2.45, 2.75) is 44.1 Å². The number of fused-ring (bicyclic) bond motifs is 1. The molecule has 0 saturated carbocycles. The second-order valence-corrected chi connectivity index (χ2v) is 4.01. The van der Waals surface area contributed by atoms with Gasteiger partial charge in [-0.3, -0.25) is 0 Å². The van der Waals surface area contributed by atoms with E-state index in [2.05, 4.69) is 5.92 Å². The van der Waals surface area contributed by atoms with Gasteiger partial charge in [-0.2, -0.15) is 0 Å². The molecule has 2 aliphatic heterocycles. The SMILES string of the molecule is C#C[C@@H]1O[C@H](CO)[C@H]2OC(C)(C)O[C@H]21. The van der Waals surface area contributed by atoms with Crippen molar-refractivity contribution in [3.63, 3.8) is 0 Å². The third-order valence-corrected chi connectivity index (χ3v) is 2.49. The summed E-state index contributed by atoms with van der Waals surface area (Å²) in [6, 6.07) is 0. The number of hydrogen-bond acceptors (Lipinski definition) is 4. The van der Waals surface area contributed by atoms with Crippen molar-refractivity contribution in [2.75, 3.05) is 6.61 Å². The van der Waals surface area contributed by atoms with E-state index >= 15 is 0 Å². The van der Waals surface area contributed by atoms with E-state index in [1.165, 1.54) is 0 Å². The summed E-state index contributed by atoms with van der Waals surface area (Å²) in [7, 11) is 0. The number of rotatable bonds is 1. The molecule has 4 heteroatoms. The van der Waals surface area contributed by atoms with Crippen LogP contribution >= 0.6 is 0 Å². The Hall–Kier alpha value is -0.600. The van der Waals surface area contributed by atoms with Gasteiger partial charge < -0.3 is 19.3 Å².